The van der Waals surface area contributed by atoms with Gasteiger partial charge in [-0.3, -0.25) is 0 Å². The molecule has 154 valence electrons. The molecule has 0 spiro atoms. The van der Waals surface area contributed by atoms with Crippen molar-refractivity contribution in [3.8, 4) is 0 Å². The standard InChI is InChI=1S/C22H26N2O4S/c1-5-19(23-29(27,28)21-15(3)10-14(2)11-16(21)4)13-24-9-8-17-12-18(22(25)26)6-7-20(17)24/h6-12,19,23H,5,13H2,1-4H3,(H,25,26)/t19-/m1/s1. The molecule has 0 bridgehead atoms. The van der Waals surface area contributed by atoms with Crippen LogP contribution in [0.25, 0.3) is 10.9 Å². The quantitative estimate of drug-likeness (QED) is 0.611. The lowest BCUT2D eigenvalue weighted by atomic mass is 10.1. The Labute approximate surface area is 171 Å². The molecule has 3 rings (SSSR count). The van der Waals surface area contributed by atoms with Gasteiger partial charge in [0.2, 0.25) is 10.0 Å². The van der Waals surface area contributed by atoms with Crippen molar-refractivity contribution in [1.29, 1.82) is 0 Å². The van der Waals surface area contributed by atoms with Crippen LogP contribution in [0.3, 0.4) is 0 Å². The molecule has 7 heteroatoms. The monoisotopic (exact) mass is 414 g/mol. The van der Waals surface area contributed by atoms with Crippen LogP contribution in [-0.4, -0.2) is 30.1 Å². The fraction of sp³-hybridized carbons (Fsp3) is 0.318. The summed E-state index contributed by atoms with van der Waals surface area (Å²) in [6.07, 6.45) is 2.48. The Morgan fingerprint density at radius 2 is 1.76 bits per heavy atom. The first-order valence-electron chi connectivity index (χ1n) is 9.54. The van der Waals surface area contributed by atoms with Gasteiger partial charge >= 0.3 is 5.97 Å². The molecule has 29 heavy (non-hydrogen) atoms. The zero-order chi connectivity index (χ0) is 21.3. The van der Waals surface area contributed by atoms with Crippen molar-refractivity contribution < 1.29 is 18.3 Å². The Kier molecular flexibility index (Phi) is 5.82. The summed E-state index contributed by atoms with van der Waals surface area (Å²) < 4.78 is 31.0. The Hall–Kier alpha value is -2.64. The Morgan fingerprint density at radius 3 is 2.34 bits per heavy atom. The van der Waals surface area contributed by atoms with E-state index in [0.29, 0.717) is 17.9 Å². The van der Waals surface area contributed by atoms with Crippen molar-refractivity contribution >= 4 is 26.9 Å². The lowest BCUT2D eigenvalue weighted by molar-refractivity contribution is 0.0697. The SMILES string of the molecule is CC[C@H](Cn1ccc2cc(C(=O)O)ccc21)NS(=O)(=O)c1c(C)cc(C)cc1C. The first kappa shape index (κ1) is 21.1. The Balaban J connectivity index is 1.88. The van der Waals surface area contributed by atoms with Gasteiger partial charge in [-0.05, 0) is 62.6 Å². The number of hydrogen-bond donors (Lipinski definition) is 2. The molecule has 0 saturated carbocycles. The van der Waals surface area contributed by atoms with Gasteiger partial charge in [0.15, 0.2) is 0 Å². The van der Waals surface area contributed by atoms with Gasteiger partial charge in [-0.2, -0.15) is 0 Å². The van der Waals surface area contributed by atoms with Crippen LogP contribution >= 0.6 is 0 Å². The smallest absolute Gasteiger partial charge is 0.335 e. The van der Waals surface area contributed by atoms with Crippen LogP contribution in [0.5, 0.6) is 0 Å². The Bertz CT molecular complexity index is 1160. The molecule has 3 aromatic rings. The maximum absolute atomic E-state index is 13.1. The molecule has 0 saturated heterocycles. The number of aromatic carboxylic acids is 1. The topological polar surface area (TPSA) is 88.4 Å². The predicted octanol–water partition coefficient (Wildman–Crippen LogP) is 4.02. The molecule has 2 aromatic carbocycles. The molecule has 0 aliphatic carbocycles. The van der Waals surface area contributed by atoms with Crippen LogP contribution in [0.15, 0.2) is 47.5 Å². The number of sulfonamides is 1. The van der Waals surface area contributed by atoms with Gasteiger partial charge in [0.1, 0.15) is 0 Å². The first-order valence-corrected chi connectivity index (χ1v) is 11.0. The van der Waals surface area contributed by atoms with E-state index in [1.54, 1.807) is 18.2 Å². The normalized spacial score (nSPS) is 13.0. The summed E-state index contributed by atoms with van der Waals surface area (Å²) in [4.78, 5) is 11.5. The molecule has 1 atom stereocenters. The summed E-state index contributed by atoms with van der Waals surface area (Å²) in [5, 5.41) is 9.96. The van der Waals surface area contributed by atoms with Crippen molar-refractivity contribution in [2.45, 2.75) is 51.6 Å². The molecule has 1 aromatic heterocycles. The van der Waals surface area contributed by atoms with Crippen molar-refractivity contribution in [3.63, 3.8) is 0 Å². The van der Waals surface area contributed by atoms with Crippen molar-refractivity contribution in [1.82, 2.24) is 9.29 Å². The molecular formula is C22H26N2O4S. The van der Waals surface area contributed by atoms with Crippen LogP contribution in [0, 0.1) is 20.8 Å². The minimum atomic E-state index is -3.67. The van der Waals surface area contributed by atoms with Gasteiger partial charge < -0.3 is 9.67 Å². The molecule has 0 amide bonds. The largest absolute Gasteiger partial charge is 0.478 e. The van der Waals surface area contributed by atoms with E-state index in [1.165, 1.54) is 0 Å². The number of carboxylic acid groups (broad SMARTS) is 1. The van der Waals surface area contributed by atoms with E-state index in [4.69, 9.17) is 5.11 Å². The highest BCUT2D eigenvalue weighted by molar-refractivity contribution is 7.89. The number of aromatic nitrogens is 1. The van der Waals surface area contributed by atoms with Crippen LogP contribution in [-0.2, 0) is 16.6 Å². The summed E-state index contributed by atoms with van der Waals surface area (Å²) in [6.45, 7) is 7.97. The minimum Gasteiger partial charge on any atom is -0.478 e. The fourth-order valence-electron chi connectivity index (χ4n) is 3.85. The van der Waals surface area contributed by atoms with E-state index in [9.17, 15) is 13.2 Å². The summed E-state index contributed by atoms with van der Waals surface area (Å²) in [6, 6.07) is 10.2. The third-order valence-corrected chi connectivity index (χ3v) is 6.95. The lowest BCUT2D eigenvalue weighted by Gasteiger charge is -2.20. The van der Waals surface area contributed by atoms with Gasteiger partial charge in [-0.15, -0.1) is 0 Å². The lowest BCUT2D eigenvalue weighted by Crippen LogP contribution is -2.38. The highest BCUT2D eigenvalue weighted by Gasteiger charge is 2.23. The van der Waals surface area contributed by atoms with Crippen molar-refractivity contribution in [2.75, 3.05) is 0 Å². The number of nitrogens with one attached hydrogen (secondary N) is 1. The molecule has 0 aliphatic rings. The van der Waals surface area contributed by atoms with Gasteiger partial charge in [-0.25, -0.2) is 17.9 Å². The first-order chi connectivity index (χ1) is 13.6. The van der Waals surface area contributed by atoms with Crippen LogP contribution in [0.4, 0.5) is 0 Å². The number of rotatable bonds is 7. The number of aryl methyl sites for hydroxylation is 3. The maximum atomic E-state index is 13.1. The van der Waals surface area contributed by atoms with Crippen molar-refractivity contribution in [3.05, 3.63) is 64.8 Å². The highest BCUT2D eigenvalue weighted by atomic mass is 32.2. The molecule has 0 radical (unpaired) electrons. The number of carbonyl (C=O) groups is 1. The van der Waals surface area contributed by atoms with E-state index in [1.807, 2.05) is 56.7 Å². The van der Waals surface area contributed by atoms with Gasteiger partial charge in [0, 0.05) is 29.7 Å². The number of fused-ring (bicyclic) bond motifs is 1. The van der Waals surface area contributed by atoms with Crippen LogP contribution < -0.4 is 4.72 Å². The third-order valence-electron chi connectivity index (χ3n) is 5.12. The summed E-state index contributed by atoms with van der Waals surface area (Å²) >= 11 is 0. The zero-order valence-electron chi connectivity index (χ0n) is 17.1. The predicted molar refractivity (Wildman–Crippen MR) is 114 cm³/mol. The molecule has 1 heterocycles. The molecule has 2 N–H and O–H groups in total. The van der Waals surface area contributed by atoms with E-state index in [-0.39, 0.29) is 11.6 Å². The second-order valence-corrected chi connectivity index (χ2v) is 9.15. The zero-order valence-corrected chi connectivity index (χ0v) is 17.9. The van der Waals surface area contributed by atoms with Gasteiger partial charge in [0.25, 0.3) is 0 Å². The number of carboxylic acids is 1. The van der Waals surface area contributed by atoms with Crippen molar-refractivity contribution in [2.24, 2.45) is 0 Å². The number of benzene rings is 2. The van der Waals surface area contributed by atoms with Gasteiger partial charge in [-0.1, -0.05) is 24.6 Å². The summed E-state index contributed by atoms with van der Waals surface area (Å²) in [7, 11) is -3.67. The molecule has 6 nitrogen and oxygen atoms in total. The summed E-state index contributed by atoms with van der Waals surface area (Å²) in [5.74, 6) is -0.970. The van der Waals surface area contributed by atoms with Gasteiger partial charge in [0.05, 0.1) is 10.5 Å². The second-order valence-electron chi connectivity index (χ2n) is 7.50. The minimum absolute atomic E-state index is 0.230. The van der Waals surface area contributed by atoms with E-state index < -0.39 is 16.0 Å². The second kappa shape index (κ2) is 8.00. The summed E-state index contributed by atoms with van der Waals surface area (Å²) in [5.41, 5.74) is 3.60. The third kappa shape index (κ3) is 4.36. The average molecular weight is 415 g/mol. The van der Waals surface area contributed by atoms with Crippen LogP contribution in [0.2, 0.25) is 0 Å². The molecule has 0 aliphatic heterocycles. The number of hydrogen-bond acceptors (Lipinski definition) is 3. The van der Waals surface area contributed by atoms with E-state index >= 15 is 0 Å². The number of nitrogens with zero attached hydrogens (tertiary/aromatic N) is 1. The maximum Gasteiger partial charge on any atom is 0.335 e. The average Bonchev–Trinajstić information content (AvgIpc) is 3.01. The van der Waals surface area contributed by atoms with E-state index in [2.05, 4.69) is 4.72 Å². The van der Waals surface area contributed by atoms with Crippen LogP contribution in [0.1, 0.15) is 40.4 Å². The highest BCUT2D eigenvalue weighted by Crippen LogP contribution is 2.23. The fourth-order valence-corrected chi connectivity index (χ4v) is 5.61. The molecular weight excluding hydrogens is 388 g/mol. The van der Waals surface area contributed by atoms with E-state index in [0.717, 1.165) is 27.6 Å². The molecule has 0 unspecified atom stereocenters. The Morgan fingerprint density at radius 1 is 1.10 bits per heavy atom. The molecule has 0 fully saturated rings.